The third kappa shape index (κ3) is 2.22. The summed E-state index contributed by atoms with van der Waals surface area (Å²) >= 11 is 0. The van der Waals surface area contributed by atoms with Gasteiger partial charge in [0.05, 0.1) is 17.5 Å². The van der Waals surface area contributed by atoms with Crippen LogP contribution in [0.1, 0.15) is 12.1 Å². The number of aryl methyl sites for hydroxylation is 1. The molecular weight excluding hydrogens is 336 g/mol. The number of nitrogens with zero attached hydrogens (tertiary/aromatic N) is 4. The van der Waals surface area contributed by atoms with Crippen LogP contribution < -0.4 is 0 Å². The molecule has 1 spiro atoms. The van der Waals surface area contributed by atoms with Crippen molar-refractivity contribution in [1.82, 2.24) is 19.1 Å². The first-order valence-electron chi connectivity index (χ1n) is 8.33. The van der Waals surface area contributed by atoms with Crippen molar-refractivity contribution in [1.29, 1.82) is 0 Å². The van der Waals surface area contributed by atoms with Gasteiger partial charge in [-0.15, -0.1) is 0 Å². The van der Waals surface area contributed by atoms with Gasteiger partial charge in [-0.25, -0.2) is 12.7 Å². The molecule has 0 unspecified atom stereocenters. The van der Waals surface area contributed by atoms with Crippen molar-refractivity contribution in [2.24, 2.45) is 0 Å². The molecule has 1 aromatic carbocycles. The molecule has 0 aliphatic carbocycles. The second-order valence-corrected chi connectivity index (χ2v) is 9.10. The molecule has 1 saturated heterocycles. The van der Waals surface area contributed by atoms with Gasteiger partial charge in [-0.2, -0.15) is 5.10 Å². The fourth-order valence-corrected chi connectivity index (χ4v) is 4.96. The summed E-state index contributed by atoms with van der Waals surface area (Å²) in [7, 11) is -3.11. The number of para-hydroxylation sites is 1. The van der Waals surface area contributed by atoms with Crippen LogP contribution in [0.3, 0.4) is 0 Å². The molecule has 0 bridgehead atoms. The Labute approximate surface area is 146 Å². The van der Waals surface area contributed by atoms with E-state index in [1.54, 1.807) is 4.31 Å². The Morgan fingerprint density at radius 3 is 2.76 bits per heavy atom. The van der Waals surface area contributed by atoms with Gasteiger partial charge in [0, 0.05) is 47.9 Å². The van der Waals surface area contributed by atoms with Crippen LogP contribution in [0.25, 0.3) is 22.2 Å². The minimum Gasteiger partial charge on any atom is -0.268 e. The predicted molar refractivity (Wildman–Crippen MR) is 95.7 cm³/mol. The van der Waals surface area contributed by atoms with Gasteiger partial charge >= 0.3 is 0 Å². The second kappa shape index (κ2) is 4.89. The zero-order valence-corrected chi connectivity index (χ0v) is 14.7. The third-order valence-corrected chi connectivity index (χ3v) is 6.64. The van der Waals surface area contributed by atoms with Gasteiger partial charge in [-0.3, -0.25) is 9.67 Å². The number of hydrogen-bond donors (Lipinski definition) is 0. The highest BCUT2D eigenvalue weighted by Crippen LogP contribution is 2.44. The van der Waals surface area contributed by atoms with Gasteiger partial charge in [0.1, 0.15) is 0 Å². The van der Waals surface area contributed by atoms with Crippen LogP contribution in [0.15, 0.2) is 42.6 Å². The van der Waals surface area contributed by atoms with Gasteiger partial charge in [-0.05, 0) is 24.6 Å². The quantitative estimate of drug-likeness (QED) is 0.706. The Bertz CT molecular complexity index is 1100. The van der Waals surface area contributed by atoms with E-state index in [9.17, 15) is 8.42 Å². The molecule has 2 aromatic heterocycles. The summed E-state index contributed by atoms with van der Waals surface area (Å²) in [5, 5.41) is 5.83. The van der Waals surface area contributed by atoms with Gasteiger partial charge in [-0.1, -0.05) is 18.2 Å². The fraction of sp³-hybridized carbons (Fsp3) is 0.333. The van der Waals surface area contributed by atoms with Crippen molar-refractivity contribution in [2.45, 2.75) is 18.4 Å². The molecule has 6 nitrogen and oxygen atoms in total. The SMILES string of the molecule is CS(=O)(=O)N1CC2(CCn3nc(-c4cnc5ccccc5c4)cc32)C1. The molecule has 2 aliphatic rings. The first-order valence-corrected chi connectivity index (χ1v) is 10.2. The summed E-state index contributed by atoms with van der Waals surface area (Å²) in [4.78, 5) is 4.52. The van der Waals surface area contributed by atoms with Crippen LogP contribution in [0.4, 0.5) is 0 Å². The molecule has 2 aliphatic heterocycles. The molecule has 1 fully saturated rings. The predicted octanol–water partition coefficient (Wildman–Crippen LogP) is 2.01. The molecule has 3 aromatic rings. The molecule has 25 heavy (non-hydrogen) atoms. The Kier molecular flexibility index (Phi) is 2.94. The normalized spacial score (nSPS) is 19.2. The standard InChI is InChI=1S/C18H18N4O2S/c1-25(23,24)21-11-18(12-21)6-7-22-17(18)9-16(20-22)14-8-13-4-2-3-5-15(13)19-10-14/h2-5,8-10H,6-7,11-12H2,1H3. The molecule has 4 heterocycles. The first kappa shape index (κ1) is 15.0. The summed E-state index contributed by atoms with van der Waals surface area (Å²) in [5.41, 5.74) is 3.95. The van der Waals surface area contributed by atoms with Crippen LogP contribution in [0.5, 0.6) is 0 Å². The Balaban J connectivity index is 1.51. The molecule has 128 valence electrons. The lowest BCUT2D eigenvalue weighted by Gasteiger charge is -2.45. The van der Waals surface area contributed by atoms with Crippen LogP contribution in [-0.2, 0) is 22.0 Å². The summed E-state index contributed by atoms with van der Waals surface area (Å²) in [6.07, 6.45) is 4.09. The summed E-state index contributed by atoms with van der Waals surface area (Å²) < 4.78 is 27.0. The number of rotatable bonds is 2. The van der Waals surface area contributed by atoms with Crippen molar-refractivity contribution in [3.63, 3.8) is 0 Å². The van der Waals surface area contributed by atoms with E-state index in [2.05, 4.69) is 17.1 Å². The van der Waals surface area contributed by atoms with Crippen molar-refractivity contribution in [3.8, 4) is 11.3 Å². The largest absolute Gasteiger partial charge is 0.268 e. The lowest BCUT2D eigenvalue weighted by molar-refractivity contribution is 0.154. The maximum absolute atomic E-state index is 11.7. The summed E-state index contributed by atoms with van der Waals surface area (Å²) in [6.45, 7) is 1.97. The minimum atomic E-state index is -3.11. The van der Waals surface area contributed by atoms with Crippen molar-refractivity contribution in [2.75, 3.05) is 19.3 Å². The molecule has 0 atom stereocenters. The van der Waals surface area contributed by atoms with Crippen LogP contribution in [0.2, 0.25) is 0 Å². The molecule has 0 N–H and O–H groups in total. The van der Waals surface area contributed by atoms with E-state index in [-0.39, 0.29) is 5.41 Å². The highest BCUT2D eigenvalue weighted by Gasteiger charge is 2.52. The van der Waals surface area contributed by atoms with Crippen molar-refractivity contribution < 1.29 is 8.42 Å². The monoisotopic (exact) mass is 354 g/mol. The smallest absolute Gasteiger partial charge is 0.211 e. The van der Waals surface area contributed by atoms with Gasteiger partial charge in [0.25, 0.3) is 0 Å². The van der Waals surface area contributed by atoms with Crippen LogP contribution in [0, 0.1) is 0 Å². The van der Waals surface area contributed by atoms with E-state index in [4.69, 9.17) is 5.10 Å². The Hall–Kier alpha value is -2.25. The molecule has 7 heteroatoms. The van der Waals surface area contributed by atoms with Crippen molar-refractivity contribution in [3.05, 3.63) is 48.3 Å². The van der Waals surface area contributed by atoms with E-state index in [0.29, 0.717) is 13.1 Å². The van der Waals surface area contributed by atoms with Crippen molar-refractivity contribution >= 4 is 20.9 Å². The summed E-state index contributed by atoms with van der Waals surface area (Å²) in [5.74, 6) is 0. The van der Waals surface area contributed by atoms with Gasteiger partial charge in [0.15, 0.2) is 0 Å². The molecule has 5 rings (SSSR count). The first-order chi connectivity index (χ1) is 11.9. The fourth-order valence-electron chi connectivity index (χ4n) is 4.00. The summed E-state index contributed by atoms with van der Waals surface area (Å²) in [6, 6.07) is 12.2. The molecule has 0 amide bonds. The average molecular weight is 354 g/mol. The van der Waals surface area contributed by atoms with E-state index in [1.807, 2.05) is 35.1 Å². The number of pyridine rings is 1. The Morgan fingerprint density at radius 2 is 1.96 bits per heavy atom. The molecule has 0 saturated carbocycles. The number of aromatic nitrogens is 3. The lowest BCUT2D eigenvalue weighted by Crippen LogP contribution is -2.59. The Morgan fingerprint density at radius 1 is 1.16 bits per heavy atom. The topological polar surface area (TPSA) is 68.1 Å². The van der Waals surface area contributed by atoms with Gasteiger partial charge in [0.2, 0.25) is 10.0 Å². The van der Waals surface area contributed by atoms with E-state index in [0.717, 1.165) is 40.8 Å². The maximum atomic E-state index is 11.7. The van der Waals surface area contributed by atoms with E-state index in [1.165, 1.54) is 6.26 Å². The number of fused-ring (bicyclic) bond motifs is 3. The average Bonchev–Trinajstić information content (AvgIpc) is 3.10. The zero-order chi connectivity index (χ0) is 17.2. The molecular formula is C18H18N4O2S. The second-order valence-electron chi connectivity index (χ2n) is 7.12. The van der Waals surface area contributed by atoms with E-state index < -0.39 is 10.0 Å². The third-order valence-electron chi connectivity index (χ3n) is 5.44. The number of benzene rings is 1. The van der Waals surface area contributed by atoms with Gasteiger partial charge < -0.3 is 0 Å². The zero-order valence-electron chi connectivity index (χ0n) is 13.9. The minimum absolute atomic E-state index is 0.0708. The number of sulfonamides is 1. The lowest BCUT2D eigenvalue weighted by atomic mass is 9.77. The van der Waals surface area contributed by atoms with E-state index >= 15 is 0 Å². The highest BCUT2D eigenvalue weighted by molar-refractivity contribution is 7.88. The van der Waals surface area contributed by atoms with Crippen LogP contribution >= 0.6 is 0 Å². The molecule has 0 radical (unpaired) electrons. The number of hydrogen-bond acceptors (Lipinski definition) is 4. The van der Waals surface area contributed by atoms with Crippen LogP contribution in [-0.4, -0.2) is 46.8 Å². The highest BCUT2D eigenvalue weighted by atomic mass is 32.2. The maximum Gasteiger partial charge on any atom is 0.211 e.